The second kappa shape index (κ2) is 5.58. The second-order valence-electron chi connectivity index (χ2n) is 5.46. The van der Waals surface area contributed by atoms with Crippen molar-refractivity contribution in [3.63, 3.8) is 0 Å². The minimum absolute atomic E-state index is 0.0115. The van der Waals surface area contributed by atoms with Gasteiger partial charge < -0.3 is 11.1 Å². The van der Waals surface area contributed by atoms with Crippen molar-refractivity contribution in [2.75, 3.05) is 5.32 Å². The van der Waals surface area contributed by atoms with Gasteiger partial charge in [-0.3, -0.25) is 14.9 Å². The number of nitro groups is 1. The van der Waals surface area contributed by atoms with Crippen LogP contribution in [-0.2, 0) is 4.79 Å². The molecule has 1 aliphatic carbocycles. The van der Waals surface area contributed by atoms with E-state index in [0.29, 0.717) is 17.2 Å². The van der Waals surface area contributed by atoms with E-state index in [-0.39, 0.29) is 24.1 Å². The van der Waals surface area contributed by atoms with Crippen molar-refractivity contribution in [2.45, 2.75) is 39.2 Å². The first-order valence-corrected chi connectivity index (χ1v) is 6.69. The number of carbonyl (C=O) groups excluding carboxylic acids is 1. The molecule has 0 radical (unpaired) electrons. The molecule has 0 spiro atoms. The SMILES string of the molecule is Cc1cc(C)c([N+](=O)[O-])cc1NC(=O)CC(N)C1CC1. The van der Waals surface area contributed by atoms with E-state index >= 15 is 0 Å². The zero-order valence-electron chi connectivity index (χ0n) is 11.7. The average molecular weight is 277 g/mol. The highest BCUT2D eigenvalue weighted by atomic mass is 16.6. The number of nitrogens with two attached hydrogens (primary N) is 1. The molecule has 1 fully saturated rings. The summed E-state index contributed by atoms with van der Waals surface area (Å²) in [6.45, 7) is 3.49. The first kappa shape index (κ1) is 14.5. The van der Waals surface area contributed by atoms with Crippen LogP contribution in [0.1, 0.15) is 30.4 Å². The summed E-state index contributed by atoms with van der Waals surface area (Å²) in [5.41, 5.74) is 7.79. The van der Waals surface area contributed by atoms with Crippen LogP contribution in [0.25, 0.3) is 0 Å². The summed E-state index contributed by atoms with van der Waals surface area (Å²) in [6, 6.07) is 3.00. The molecule has 1 aliphatic rings. The Labute approximate surface area is 117 Å². The fraction of sp³-hybridized carbons (Fsp3) is 0.500. The maximum Gasteiger partial charge on any atom is 0.274 e. The molecule has 1 atom stereocenters. The van der Waals surface area contributed by atoms with Crippen LogP contribution in [0.4, 0.5) is 11.4 Å². The Bertz CT molecular complexity index is 553. The summed E-state index contributed by atoms with van der Waals surface area (Å²) in [5.74, 6) is 0.264. The molecule has 20 heavy (non-hydrogen) atoms. The van der Waals surface area contributed by atoms with E-state index in [4.69, 9.17) is 5.73 Å². The third-order valence-corrected chi connectivity index (χ3v) is 3.66. The molecule has 1 unspecified atom stereocenters. The highest BCUT2D eigenvalue weighted by Crippen LogP contribution is 2.33. The van der Waals surface area contributed by atoms with Crippen LogP contribution in [0.2, 0.25) is 0 Å². The maximum atomic E-state index is 11.9. The average Bonchev–Trinajstić information content (AvgIpc) is 3.15. The first-order chi connectivity index (χ1) is 9.38. The Morgan fingerprint density at radius 2 is 2.10 bits per heavy atom. The Morgan fingerprint density at radius 1 is 1.45 bits per heavy atom. The van der Waals surface area contributed by atoms with E-state index in [1.165, 1.54) is 6.07 Å². The molecule has 1 amide bonds. The number of aryl methyl sites for hydroxylation is 2. The Hall–Kier alpha value is -1.95. The number of nitro benzene ring substituents is 1. The largest absolute Gasteiger partial charge is 0.327 e. The Morgan fingerprint density at radius 3 is 2.65 bits per heavy atom. The molecular formula is C14H19N3O3. The number of hydrogen-bond donors (Lipinski definition) is 2. The van der Waals surface area contributed by atoms with Gasteiger partial charge in [0.15, 0.2) is 0 Å². The molecule has 1 aromatic carbocycles. The number of nitrogens with one attached hydrogen (secondary N) is 1. The molecule has 2 rings (SSSR count). The van der Waals surface area contributed by atoms with Gasteiger partial charge in [-0.25, -0.2) is 0 Å². The van der Waals surface area contributed by atoms with Gasteiger partial charge in [0.25, 0.3) is 5.69 Å². The van der Waals surface area contributed by atoms with E-state index < -0.39 is 4.92 Å². The monoisotopic (exact) mass is 277 g/mol. The molecule has 0 bridgehead atoms. The predicted molar refractivity (Wildman–Crippen MR) is 76.5 cm³/mol. The highest BCUT2D eigenvalue weighted by Gasteiger charge is 2.30. The van der Waals surface area contributed by atoms with Gasteiger partial charge in [-0.05, 0) is 44.2 Å². The van der Waals surface area contributed by atoms with Gasteiger partial charge in [-0.15, -0.1) is 0 Å². The van der Waals surface area contributed by atoms with Gasteiger partial charge in [0.05, 0.1) is 10.6 Å². The molecule has 3 N–H and O–H groups in total. The van der Waals surface area contributed by atoms with Crippen molar-refractivity contribution in [2.24, 2.45) is 11.7 Å². The fourth-order valence-electron chi connectivity index (χ4n) is 2.28. The van der Waals surface area contributed by atoms with Gasteiger partial charge in [0, 0.05) is 24.1 Å². The minimum atomic E-state index is -0.444. The van der Waals surface area contributed by atoms with E-state index in [1.807, 2.05) is 6.92 Å². The molecule has 1 saturated carbocycles. The topological polar surface area (TPSA) is 98.3 Å². The van der Waals surface area contributed by atoms with Crippen LogP contribution in [0, 0.1) is 29.9 Å². The Balaban J connectivity index is 2.09. The smallest absolute Gasteiger partial charge is 0.274 e. The van der Waals surface area contributed by atoms with E-state index in [1.54, 1.807) is 13.0 Å². The van der Waals surface area contributed by atoms with Gasteiger partial charge in [-0.2, -0.15) is 0 Å². The lowest BCUT2D eigenvalue weighted by molar-refractivity contribution is -0.385. The van der Waals surface area contributed by atoms with Crippen molar-refractivity contribution in [1.82, 2.24) is 0 Å². The summed E-state index contributed by atoms with van der Waals surface area (Å²) in [6.07, 6.45) is 2.43. The fourth-order valence-corrected chi connectivity index (χ4v) is 2.28. The van der Waals surface area contributed by atoms with Gasteiger partial charge in [0.2, 0.25) is 5.91 Å². The van der Waals surface area contributed by atoms with Gasteiger partial charge in [-0.1, -0.05) is 0 Å². The zero-order chi connectivity index (χ0) is 14.9. The molecular weight excluding hydrogens is 258 g/mol. The summed E-state index contributed by atoms with van der Waals surface area (Å²) >= 11 is 0. The number of carbonyl (C=O) groups is 1. The first-order valence-electron chi connectivity index (χ1n) is 6.69. The van der Waals surface area contributed by atoms with Crippen LogP contribution in [0.3, 0.4) is 0 Å². The summed E-state index contributed by atoms with van der Waals surface area (Å²) in [7, 11) is 0. The highest BCUT2D eigenvalue weighted by molar-refractivity contribution is 5.92. The Kier molecular flexibility index (Phi) is 4.04. The summed E-state index contributed by atoms with van der Waals surface area (Å²) in [5, 5.41) is 13.6. The number of rotatable bonds is 5. The van der Waals surface area contributed by atoms with Gasteiger partial charge >= 0.3 is 0 Å². The number of benzene rings is 1. The van der Waals surface area contributed by atoms with Crippen molar-refractivity contribution in [1.29, 1.82) is 0 Å². The number of hydrogen-bond acceptors (Lipinski definition) is 4. The maximum absolute atomic E-state index is 11.9. The molecule has 0 aliphatic heterocycles. The lowest BCUT2D eigenvalue weighted by Gasteiger charge is -2.12. The molecule has 0 aromatic heterocycles. The summed E-state index contributed by atoms with van der Waals surface area (Å²) < 4.78 is 0. The van der Waals surface area contributed by atoms with Gasteiger partial charge in [0.1, 0.15) is 0 Å². The van der Waals surface area contributed by atoms with Crippen LogP contribution in [-0.4, -0.2) is 16.9 Å². The number of nitrogens with zero attached hydrogens (tertiary/aromatic N) is 1. The molecule has 6 heteroatoms. The molecule has 0 heterocycles. The second-order valence-corrected chi connectivity index (χ2v) is 5.46. The molecule has 0 saturated heterocycles. The zero-order valence-corrected chi connectivity index (χ0v) is 11.7. The van der Waals surface area contributed by atoms with Crippen molar-refractivity contribution in [3.8, 4) is 0 Å². The van der Waals surface area contributed by atoms with Crippen LogP contribution < -0.4 is 11.1 Å². The number of anilines is 1. The molecule has 6 nitrogen and oxygen atoms in total. The number of amides is 1. The lowest BCUT2D eigenvalue weighted by atomic mass is 10.1. The van der Waals surface area contributed by atoms with Crippen LogP contribution >= 0.6 is 0 Å². The normalized spacial score (nSPS) is 15.8. The standard InChI is InChI=1S/C14H19N3O3/c1-8-5-9(2)13(17(19)20)7-12(8)16-14(18)6-11(15)10-3-4-10/h5,7,10-11H,3-4,6,15H2,1-2H3,(H,16,18). The molecule has 1 aromatic rings. The van der Waals surface area contributed by atoms with E-state index in [9.17, 15) is 14.9 Å². The molecule has 108 valence electrons. The van der Waals surface area contributed by atoms with Crippen molar-refractivity contribution >= 4 is 17.3 Å². The van der Waals surface area contributed by atoms with Crippen LogP contribution in [0.15, 0.2) is 12.1 Å². The van der Waals surface area contributed by atoms with Crippen molar-refractivity contribution < 1.29 is 9.72 Å². The van der Waals surface area contributed by atoms with Crippen molar-refractivity contribution in [3.05, 3.63) is 33.4 Å². The third-order valence-electron chi connectivity index (χ3n) is 3.66. The minimum Gasteiger partial charge on any atom is -0.327 e. The lowest BCUT2D eigenvalue weighted by Crippen LogP contribution is -2.29. The predicted octanol–water partition coefficient (Wildman–Crippen LogP) is 2.28. The van der Waals surface area contributed by atoms with E-state index in [0.717, 1.165) is 18.4 Å². The third kappa shape index (κ3) is 3.33. The summed E-state index contributed by atoms with van der Waals surface area (Å²) in [4.78, 5) is 22.4. The quantitative estimate of drug-likeness (QED) is 0.637. The van der Waals surface area contributed by atoms with E-state index in [2.05, 4.69) is 5.32 Å². The van der Waals surface area contributed by atoms with Crippen LogP contribution in [0.5, 0.6) is 0 Å².